The van der Waals surface area contributed by atoms with Gasteiger partial charge >= 0.3 is 0 Å². The van der Waals surface area contributed by atoms with E-state index in [9.17, 15) is 0 Å². The average Bonchev–Trinajstić information content (AvgIpc) is 2.21. The van der Waals surface area contributed by atoms with Gasteiger partial charge in [-0.2, -0.15) is 0 Å². The molecule has 0 fully saturated rings. The molecule has 0 radical (unpaired) electrons. The SMILES string of the molecule is C=C(CC)CC(N)c1cc(Cl)ccc1Cl. The van der Waals surface area contributed by atoms with Gasteiger partial charge in [-0.3, -0.25) is 0 Å². The van der Waals surface area contributed by atoms with Crippen molar-refractivity contribution in [1.82, 2.24) is 0 Å². The van der Waals surface area contributed by atoms with Gasteiger partial charge in [0.05, 0.1) is 0 Å². The van der Waals surface area contributed by atoms with Crippen molar-refractivity contribution in [1.29, 1.82) is 0 Å². The van der Waals surface area contributed by atoms with Gasteiger partial charge in [0.2, 0.25) is 0 Å². The van der Waals surface area contributed by atoms with Gasteiger partial charge in [-0.1, -0.05) is 42.3 Å². The molecule has 0 saturated heterocycles. The average molecular weight is 244 g/mol. The fourth-order valence-electron chi connectivity index (χ4n) is 1.36. The summed E-state index contributed by atoms with van der Waals surface area (Å²) >= 11 is 11.9. The van der Waals surface area contributed by atoms with E-state index in [1.165, 1.54) is 0 Å². The van der Waals surface area contributed by atoms with Crippen molar-refractivity contribution >= 4 is 23.2 Å². The summed E-state index contributed by atoms with van der Waals surface area (Å²) in [5.74, 6) is 0. The Bertz CT molecular complexity index is 361. The molecule has 15 heavy (non-hydrogen) atoms. The molecule has 0 heterocycles. The maximum absolute atomic E-state index is 6.05. The molecular formula is C12H15Cl2N. The van der Waals surface area contributed by atoms with Crippen LogP contribution in [0.5, 0.6) is 0 Å². The van der Waals surface area contributed by atoms with Gasteiger partial charge in [0.15, 0.2) is 0 Å². The van der Waals surface area contributed by atoms with Crippen molar-refractivity contribution in [3.05, 3.63) is 46.0 Å². The largest absolute Gasteiger partial charge is 0.324 e. The quantitative estimate of drug-likeness (QED) is 0.783. The molecule has 0 spiro atoms. The van der Waals surface area contributed by atoms with Gasteiger partial charge in [0.25, 0.3) is 0 Å². The van der Waals surface area contributed by atoms with E-state index < -0.39 is 0 Å². The van der Waals surface area contributed by atoms with Crippen LogP contribution in [0.1, 0.15) is 31.4 Å². The summed E-state index contributed by atoms with van der Waals surface area (Å²) in [5.41, 5.74) is 8.05. The van der Waals surface area contributed by atoms with Gasteiger partial charge < -0.3 is 5.73 Å². The van der Waals surface area contributed by atoms with E-state index in [1.807, 2.05) is 6.07 Å². The van der Waals surface area contributed by atoms with Gasteiger partial charge in [-0.25, -0.2) is 0 Å². The van der Waals surface area contributed by atoms with Crippen molar-refractivity contribution < 1.29 is 0 Å². The summed E-state index contributed by atoms with van der Waals surface area (Å²) in [6.45, 7) is 6.00. The molecule has 82 valence electrons. The zero-order valence-electron chi connectivity index (χ0n) is 8.76. The highest BCUT2D eigenvalue weighted by Gasteiger charge is 2.11. The third-order valence-corrected chi connectivity index (χ3v) is 2.95. The molecule has 0 aliphatic carbocycles. The second-order valence-electron chi connectivity index (χ2n) is 3.58. The van der Waals surface area contributed by atoms with E-state index in [-0.39, 0.29) is 6.04 Å². The van der Waals surface area contributed by atoms with Crippen molar-refractivity contribution in [3.8, 4) is 0 Å². The van der Waals surface area contributed by atoms with E-state index in [2.05, 4.69) is 13.5 Å². The first-order valence-electron chi connectivity index (χ1n) is 4.91. The van der Waals surface area contributed by atoms with Gasteiger partial charge in [0, 0.05) is 16.1 Å². The van der Waals surface area contributed by atoms with Crippen LogP contribution < -0.4 is 5.73 Å². The molecule has 1 unspecified atom stereocenters. The number of hydrogen-bond acceptors (Lipinski definition) is 1. The van der Waals surface area contributed by atoms with Crippen LogP contribution in [0.3, 0.4) is 0 Å². The van der Waals surface area contributed by atoms with Crippen LogP contribution in [0.2, 0.25) is 10.0 Å². The summed E-state index contributed by atoms with van der Waals surface area (Å²) in [6, 6.07) is 5.23. The van der Waals surface area contributed by atoms with Crippen LogP contribution in [0, 0.1) is 0 Å². The number of halogens is 2. The minimum absolute atomic E-state index is 0.122. The fraction of sp³-hybridized carbons (Fsp3) is 0.333. The fourth-order valence-corrected chi connectivity index (χ4v) is 1.80. The van der Waals surface area contributed by atoms with Crippen molar-refractivity contribution in [2.75, 3.05) is 0 Å². The van der Waals surface area contributed by atoms with E-state index >= 15 is 0 Å². The summed E-state index contributed by atoms with van der Waals surface area (Å²) in [6.07, 6.45) is 1.68. The number of rotatable bonds is 4. The minimum Gasteiger partial charge on any atom is -0.324 e. The Kier molecular flexibility index (Phi) is 4.65. The highest BCUT2D eigenvalue weighted by molar-refractivity contribution is 6.33. The van der Waals surface area contributed by atoms with Crippen LogP contribution in [-0.2, 0) is 0 Å². The lowest BCUT2D eigenvalue weighted by Crippen LogP contribution is -2.11. The smallest absolute Gasteiger partial charge is 0.0454 e. The van der Waals surface area contributed by atoms with E-state index in [4.69, 9.17) is 28.9 Å². The van der Waals surface area contributed by atoms with Gasteiger partial charge in [-0.05, 0) is 36.6 Å². The van der Waals surface area contributed by atoms with Crippen LogP contribution >= 0.6 is 23.2 Å². The molecule has 1 rings (SSSR count). The topological polar surface area (TPSA) is 26.0 Å². The molecule has 3 heteroatoms. The highest BCUT2D eigenvalue weighted by atomic mass is 35.5. The lowest BCUT2D eigenvalue weighted by atomic mass is 9.99. The predicted molar refractivity (Wildman–Crippen MR) is 67.4 cm³/mol. The van der Waals surface area contributed by atoms with Crippen LogP contribution in [-0.4, -0.2) is 0 Å². The zero-order valence-corrected chi connectivity index (χ0v) is 10.3. The Morgan fingerprint density at radius 3 is 2.73 bits per heavy atom. The molecule has 0 bridgehead atoms. The third kappa shape index (κ3) is 3.53. The predicted octanol–water partition coefficient (Wildman–Crippen LogP) is 4.35. The molecule has 0 amide bonds. The second kappa shape index (κ2) is 5.55. The summed E-state index contributed by atoms with van der Waals surface area (Å²) in [4.78, 5) is 0. The number of nitrogens with two attached hydrogens (primary N) is 1. The summed E-state index contributed by atoms with van der Waals surface area (Å²) < 4.78 is 0. The third-order valence-electron chi connectivity index (χ3n) is 2.37. The molecule has 0 aliphatic heterocycles. The second-order valence-corrected chi connectivity index (χ2v) is 4.42. The first-order valence-corrected chi connectivity index (χ1v) is 5.67. The van der Waals surface area contributed by atoms with Crippen molar-refractivity contribution in [2.45, 2.75) is 25.8 Å². The van der Waals surface area contributed by atoms with Crippen LogP contribution in [0.4, 0.5) is 0 Å². The lowest BCUT2D eigenvalue weighted by molar-refractivity contribution is 0.701. The van der Waals surface area contributed by atoms with E-state index in [0.717, 1.165) is 24.0 Å². The standard InChI is InChI=1S/C12H15Cl2N/c1-3-8(2)6-12(15)10-7-9(13)4-5-11(10)14/h4-5,7,12H,2-3,6,15H2,1H3. The molecule has 0 saturated carbocycles. The Labute approximate surface area is 101 Å². The molecule has 1 aromatic rings. The lowest BCUT2D eigenvalue weighted by Gasteiger charge is -2.14. The molecule has 0 aromatic heterocycles. The Morgan fingerprint density at radius 1 is 1.47 bits per heavy atom. The van der Waals surface area contributed by atoms with E-state index in [1.54, 1.807) is 12.1 Å². The summed E-state index contributed by atoms with van der Waals surface area (Å²) in [7, 11) is 0. The van der Waals surface area contributed by atoms with Crippen LogP contribution in [0.15, 0.2) is 30.4 Å². The van der Waals surface area contributed by atoms with E-state index in [0.29, 0.717) is 10.0 Å². The molecule has 0 aliphatic rings. The molecule has 1 nitrogen and oxygen atoms in total. The van der Waals surface area contributed by atoms with Crippen molar-refractivity contribution in [2.24, 2.45) is 5.73 Å². The Hall–Kier alpha value is -0.500. The first kappa shape index (κ1) is 12.6. The maximum atomic E-state index is 6.05. The number of benzene rings is 1. The number of hydrogen-bond donors (Lipinski definition) is 1. The highest BCUT2D eigenvalue weighted by Crippen LogP contribution is 2.28. The van der Waals surface area contributed by atoms with Gasteiger partial charge in [0.1, 0.15) is 0 Å². The van der Waals surface area contributed by atoms with Crippen molar-refractivity contribution in [3.63, 3.8) is 0 Å². The molecule has 2 N–H and O–H groups in total. The zero-order chi connectivity index (χ0) is 11.4. The Morgan fingerprint density at radius 2 is 2.13 bits per heavy atom. The van der Waals surface area contributed by atoms with Gasteiger partial charge in [-0.15, -0.1) is 0 Å². The minimum atomic E-state index is -0.122. The molecule has 1 aromatic carbocycles. The van der Waals surface area contributed by atoms with Crippen LogP contribution in [0.25, 0.3) is 0 Å². The molecule has 1 atom stereocenters. The normalized spacial score (nSPS) is 12.5. The summed E-state index contributed by atoms with van der Waals surface area (Å²) in [5, 5.41) is 1.32. The monoisotopic (exact) mass is 243 g/mol. The first-order chi connectivity index (χ1) is 7.04. The molecular weight excluding hydrogens is 229 g/mol. The maximum Gasteiger partial charge on any atom is 0.0454 e. The Balaban J connectivity index is 2.85.